The van der Waals surface area contributed by atoms with Gasteiger partial charge < -0.3 is 36.6 Å². The van der Waals surface area contributed by atoms with Crippen molar-refractivity contribution in [1.29, 1.82) is 5.26 Å². The first-order valence-electron chi connectivity index (χ1n) is 11.8. The fourth-order valence-electron chi connectivity index (χ4n) is 3.01. The Bertz CT molecular complexity index is 1130. The average molecular weight is 523 g/mol. The normalized spacial score (nSPS) is 9.66. The van der Waals surface area contributed by atoms with Gasteiger partial charge in [-0.05, 0) is 48.2 Å². The molecule has 6 amide bonds. The van der Waals surface area contributed by atoms with Gasteiger partial charge >= 0.3 is 18.1 Å². The predicted molar refractivity (Wildman–Crippen MR) is 140 cm³/mol. The number of isocyanates is 1. The molecule has 6 N–H and O–H groups in total. The molecule has 2 rings (SSSR count). The number of amides is 6. The largest absolute Gasteiger partial charge is 0.423 e. The lowest BCUT2D eigenvalue weighted by Crippen LogP contribution is -2.39. The molecule has 0 radical (unpaired) electrons. The highest BCUT2D eigenvalue weighted by molar-refractivity contribution is 5.89. The molecule has 0 aliphatic heterocycles. The molecule has 0 saturated heterocycles. The quantitative estimate of drug-likeness (QED) is 0.0957. The lowest BCUT2D eigenvalue weighted by Gasteiger charge is -2.10. The third-order valence-corrected chi connectivity index (χ3v) is 4.90. The first-order valence-corrected chi connectivity index (χ1v) is 11.8. The molecular formula is C25H30N8O5. The van der Waals surface area contributed by atoms with Crippen molar-refractivity contribution >= 4 is 35.5 Å². The van der Waals surface area contributed by atoms with Crippen LogP contribution in [0.1, 0.15) is 24.0 Å². The SMILES string of the molecule is N#COCc1ccc(NC(=O)NCCCNC(=O)NCCCNC(=O)Nc2ccc(CN=C=O)cc2)cc1. The minimum absolute atomic E-state index is 0.177. The van der Waals surface area contributed by atoms with Gasteiger partial charge in [-0.1, -0.05) is 24.3 Å². The maximum Gasteiger partial charge on any atom is 0.319 e. The smallest absolute Gasteiger partial charge is 0.319 e. The van der Waals surface area contributed by atoms with E-state index in [1.54, 1.807) is 54.8 Å². The van der Waals surface area contributed by atoms with Crippen molar-refractivity contribution in [1.82, 2.24) is 21.3 Å². The van der Waals surface area contributed by atoms with E-state index in [0.717, 1.165) is 11.1 Å². The number of nitriles is 1. The van der Waals surface area contributed by atoms with Crippen LogP contribution in [0, 0.1) is 11.5 Å². The second-order valence-corrected chi connectivity index (χ2v) is 7.83. The third kappa shape index (κ3) is 12.6. The summed E-state index contributed by atoms with van der Waals surface area (Å²) < 4.78 is 4.65. The van der Waals surface area contributed by atoms with E-state index in [4.69, 9.17) is 5.26 Å². The van der Waals surface area contributed by atoms with Crippen molar-refractivity contribution in [2.24, 2.45) is 4.99 Å². The molecule has 0 atom stereocenters. The number of carbonyl (C=O) groups excluding carboxylic acids is 4. The van der Waals surface area contributed by atoms with Crippen molar-refractivity contribution in [3.63, 3.8) is 0 Å². The zero-order chi connectivity index (χ0) is 27.4. The van der Waals surface area contributed by atoms with Gasteiger partial charge in [0.15, 0.2) is 0 Å². The number of nitrogens with one attached hydrogen (secondary N) is 6. The monoisotopic (exact) mass is 522 g/mol. The Labute approximate surface area is 220 Å². The molecular weight excluding hydrogens is 492 g/mol. The van der Waals surface area contributed by atoms with Crippen molar-refractivity contribution in [2.75, 3.05) is 36.8 Å². The maximum absolute atomic E-state index is 11.9. The van der Waals surface area contributed by atoms with Crippen LogP contribution in [0.15, 0.2) is 53.5 Å². The standard InChI is InChI=1S/C25H30N8O5/c26-17-38-16-20-5-9-22(10-6-20)33-25(37)31-14-2-12-29-23(35)28-11-1-13-30-24(36)32-21-7-3-19(4-8-21)15-27-18-34/h3-10H,1-2,11-16H2,(H2,28,29,35)(H2,30,32,36)(H2,31,33,37). The Balaban J connectivity index is 1.46. The summed E-state index contributed by atoms with van der Waals surface area (Å²) in [5, 5.41) is 24.6. The van der Waals surface area contributed by atoms with E-state index in [9.17, 15) is 19.2 Å². The first kappa shape index (κ1) is 29.2. The molecule has 2 aromatic rings. The van der Waals surface area contributed by atoms with Crippen molar-refractivity contribution in [3.05, 3.63) is 59.7 Å². The molecule has 0 saturated carbocycles. The number of ether oxygens (including phenoxy) is 1. The van der Waals surface area contributed by atoms with Gasteiger partial charge in [0.05, 0.1) is 6.54 Å². The molecule has 0 spiro atoms. The average Bonchev–Trinajstić information content (AvgIpc) is 2.92. The van der Waals surface area contributed by atoms with Crippen LogP contribution in [0.25, 0.3) is 0 Å². The van der Waals surface area contributed by atoms with E-state index >= 15 is 0 Å². The summed E-state index contributed by atoms with van der Waals surface area (Å²) in [6.07, 6.45) is 4.15. The van der Waals surface area contributed by atoms with E-state index in [0.29, 0.717) is 50.4 Å². The van der Waals surface area contributed by atoms with E-state index in [2.05, 4.69) is 41.6 Å². The summed E-state index contributed by atoms with van der Waals surface area (Å²) in [6.45, 7) is 1.91. The van der Waals surface area contributed by atoms with E-state index in [-0.39, 0.29) is 31.2 Å². The van der Waals surface area contributed by atoms with Crippen molar-refractivity contribution < 1.29 is 23.9 Å². The molecule has 0 bridgehead atoms. The van der Waals surface area contributed by atoms with Gasteiger partial charge in [0, 0.05) is 37.6 Å². The summed E-state index contributed by atoms with van der Waals surface area (Å²) in [5.41, 5.74) is 2.84. The minimum Gasteiger partial charge on any atom is -0.423 e. The van der Waals surface area contributed by atoms with Crippen LogP contribution >= 0.6 is 0 Å². The molecule has 13 heteroatoms. The molecule has 0 aliphatic carbocycles. The number of urea groups is 3. The Morgan fingerprint density at radius 1 is 0.711 bits per heavy atom. The van der Waals surface area contributed by atoms with Gasteiger partial charge in [0.25, 0.3) is 6.26 Å². The second kappa shape index (κ2) is 17.4. The highest BCUT2D eigenvalue weighted by Gasteiger charge is 2.04. The summed E-state index contributed by atoms with van der Waals surface area (Å²) in [7, 11) is 0. The summed E-state index contributed by atoms with van der Waals surface area (Å²) in [5.74, 6) is 0. The first-order chi connectivity index (χ1) is 18.5. The molecule has 0 fully saturated rings. The predicted octanol–water partition coefficient (Wildman–Crippen LogP) is 2.54. The number of aliphatic imine (C=N–C) groups is 1. The second-order valence-electron chi connectivity index (χ2n) is 7.83. The highest BCUT2D eigenvalue weighted by atomic mass is 16.5. The van der Waals surface area contributed by atoms with Crippen LogP contribution in [-0.4, -0.2) is 50.4 Å². The molecule has 2 aromatic carbocycles. The Morgan fingerprint density at radius 2 is 1.16 bits per heavy atom. The fraction of sp³-hybridized carbons (Fsp3) is 0.320. The maximum atomic E-state index is 11.9. The lowest BCUT2D eigenvalue weighted by molar-refractivity contribution is 0.240. The van der Waals surface area contributed by atoms with E-state index < -0.39 is 0 Å². The number of nitrogens with zero attached hydrogens (tertiary/aromatic N) is 2. The molecule has 0 heterocycles. The summed E-state index contributed by atoms with van der Waals surface area (Å²) in [4.78, 5) is 49.3. The topological polar surface area (TPSA) is 186 Å². The number of hydrogen-bond acceptors (Lipinski definition) is 7. The lowest BCUT2D eigenvalue weighted by atomic mass is 10.2. The number of anilines is 2. The zero-order valence-electron chi connectivity index (χ0n) is 20.7. The van der Waals surface area contributed by atoms with Crippen LogP contribution in [0.5, 0.6) is 0 Å². The number of hydrogen-bond donors (Lipinski definition) is 6. The van der Waals surface area contributed by atoms with Crippen LogP contribution in [0.4, 0.5) is 25.8 Å². The van der Waals surface area contributed by atoms with Gasteiger partial charge in [-0.15, -0.1) is 0 Å². The van der Waals surface area contributed by atoms with Crippen molar-refractivity contribution in [2.45, 2.75) is 26.0 Å². The van der Waals surface area contributed by atoms with Gasteiger partial charge in [-0.25, -0.2) is 24.2 Å². The molecule has 0 aromatic heterocycles. The fourth-order valence-corrected chi connectivity index (χ4v) is 3.01. The van der Waals surface area contributed by atoms with Crippen LogP contribution < -0.4 is 31.9 Å². The minimum atomic E-state index is -0.369. The van der Waals surface area contributed by atoms with Crippen molar-refractivity contribution in [3.8, 4) is 6.26 Å². The summed E-state index contributed by atoms with van der Waals surface area (Å²) >= 11 is 0. The van der Waals surface area contributed by atoms with Crippen LogP contribution in [0.3, 0.4) is 0 Å². The number of carbonyl (C=O) groups is 3. The van der Waals surface area contributed by atoms with Gasteiger partial charge in [-0.3, -0.25) is 0 Å². The van der Waals surface area contributed by atoms with Crippen LogP contribution in [-0.2, 0) is 22.7 Å². The highest BCUT2D eigenvalue weighted by Crippen LogP contribution is 2.11. The van der Waals surface area contributed by atoms with Gasteiger partial charge in [-0.2, -0.15) is 5.26 Å². The molecule has 0 aliphatic rings. The Hall–Kier alpha value is -5.08. The number of rotatable bonds is 14. The Kier molecular flexibility index (Phi) is 13.3. The molecule has 38 heavy (non-hydrogen) atoms. The van der Waals surface area contributed by atoms with Gasteiger partial charge in [0.1, 0.15) is 6.61 Å². The summed E-state index contributed by atoms with van der Waals surface area (Å²) in [6, 6.07) is 12.7. The molecule has 200 valence electrons. The molecule has 13 nitrogen and oxygen atoms in total. The van der Waals surface area contributed by atoms with Crippen LogP contribution in [0.2, 0.25) is 0 Å². The van der Waals surface area contributed by atoms with Gasteiger partial charge in [0.2, 0.25) is 6.08 Å². The molecule has 0 unspecified atom stereocenters. The third-order valence-electron chi connectivity index (χ3n) is 4.90. The Morgan fingerprint density at radius 3 is 1.61 bits per heavy atom. The number of benzene rings is 2. The van der Waals surface area contributed by atoms with E-state index in [1.165, 1.54) is 6.08 Å². The zero-order valence-corrected chi connectivity index (χ0v) is 20.7. The van der Waals surface area contributed by atoms with E-state index in [1.807, 2.05) is 0 Å².